The molecule has 1 aromatic heterocycles. The minimum absolute atomic E-state index is 0.0717. The van der Waals surface area contributed by atoms with E-state index < -0.39 is 0 Å². The molecule has 2 aromatic carbocycles. The summed E-state index contributed by atoms with van der Waals surface area (Å²) in [5.74, 6) is 0.403. The number of ether oxygens (including phenoxy) is 1. The van der Waals surface area contributed by atoms with Crippen molar-refractivity contribution in [3.8, 4) is 5.75 Å². The highest BCUT2D eigenvalue weighted by Gasteiger charge is 2.05. The van der Waals surface area contributed by atoms with Gasteiger partial charge in [0.2, 0.25) is 0 Å². The Morgan fingerprint density at radius 2 is 1.96 bits per heavy atom. The number of para-hydroxylation sites is 2. The summed E-state index contributed by atoms with van der Waals surface area (Å²) >= 11 is 0. The van der Waals surface area contributed by atoms with Crippen LogP contribution < -0.4 is 10.2 Å². The number of fused-ring (bicyclic) bond motifs is 1. The number of aromatic nitrogens is 1. The molecule has 0 aliphatic carbocycles. The predicted octanol–water partition coefficient (Wildman–Crippen LogP) is 3.02. The van der Waals surface area contributed by atoms with Gasteiger partial charge in [0.25, 0.3) is 5.91 Å². The van der Waals surface area contributed by atoms with Crippen molar-refractivity contribution in [1.29, 1.82) is 0 Å². The van der Waals surface area contributed by atoms with Gasteiger partial charge in [-0.15, -0.1) is 0 Å². The van der Waals surface area contributed by atoms with E-state index >= 15 is 0 Å². The largest absolute Gasteiger partial charge is 0.483 e. The highest BCUT2D eigenvalue weighted by atomic mass is 16.5. The number of aryl methyl sites for hydroxylation is 2. The fraction of sp³-hybridized carbons (Fsp3) is 0.158. The molecule has 0 unspecified atom stereocenters. The number of benzene rings is 2. The van der Waals surface area contributed by atoms with Gasteiger partial charge in [0.1, 0.15) is 5.75 Å². The third kappa shape index (κ3) is 3.46. The minimum Gasteiger partial charge on any atom is -0.483 e. The minimum atomic E-state index is -0.297. The van der Waals surface area contributed by atoms with Crippen LogP contribution in [0.1, 0.15) is 11.1 Å². The van der Waals surface area contributed by atoms with Crippen LogP contribution in [0.5, 0.6) is 5.75 Å². The molecule has 0 aliphatic heterocycles. The molecule has 0 aliphatic rings. The zero-order valence-electron chi connectivity index (χ0n) is 13.7. The van der Waals surface area contributed by atoms with E-state index in [2.05, 4.69) is 10.5 Å². The van der Waals surface area contributed by atoms with Crippen LogP contribution in [0.25, 0.3) is 10.9 Å². The Balaban J connectivity index is 1.59. The topological polar surface area (TPSA) is 55.6 Å². The standard InChI is InChI=1S/C19H19N3O2/c1-14-7-3-6-10-18(14)24-13-19(23)21-20-11-15-12-22(2)17-9-5-4-8-16(15)17/h3-12H,13H2,1-2H3,(H,21,23)/b20-11-. The first-order chi connectivity index (χ1) is 11.6. The van der Waals surface area contributed by atoms with Crippen molar-refractivity contribution in [2.45, 2.75) is 6.92 Å². The molecule has 0 atom stereocenters. The second-order valence-electron chi connectivity index (χ2n) is 5.56. The molecule has 0 fully saturated rings. The van der Waals surface area contributed by atoms with E-state index in [1.54, 1.807) is 6.21 Å². The summed E-state index contributed by atoms with van der Waals surface area (Å²) in [4.78, 5) is 11.8. The molecule has 5 heteroatoms. The third-order valence-electron chi connectivity index (χ3n) is 3.77. The van der Waals surface area contributed by atoms with Crippen molar-refractivity contribution < 1.29 is 9.53 Å². The number of hydrogen-bond donors (Lipinski definition) is 1. The van der Waals surface area contributed by atoms with Gasteiger partial charge >= 0.3 is 0 Å². The van der Waals surface area contributed by atoms with E-state index in [-0.39, 0.29) is 12.5 Å². The zero-order chi connectivity index (χ0) is 16.9. The van der Waals surface area contributed by atoms with Gasteiger partial charge in [0.05, 0.1) is 6.21 Å². The molecule has 5 nitrogen and oxygen atoms in total. The Kier molecular flexibility index (Phi) is 4.61. The molecule has 0 saturated heterocycles. The lowest BCUT2D eigenvalue weighted by molar-refractivity contribution is -0.123. The van der Waals surface area contributed by atoms with Crippen molar-refractivity contribution in [2.75, 3.05) is 6.61 Å². The maximum absolute atomic E-state index is 11.8. The fourth-order valence-electron chi connectivity index (χ4n) is 2.54. The van der Waals surface area contributed by atoms with Gasteiger partial charge < -0.3 is 9.30 Å². The van der Waals surface area contributed by atoms with Crippen molar-refractivity contribution in [2.24, 2.45) is 12.1 Å². The molecule has 122 valence electrons. The van der Waals surface area contributed by atoms with E-state index in [9.17, 15) is 4.79 Å². The van der Waals surface area contributed by atoms with Gasteiger partial charge in [0.15, 0.2) is 6.61 Å². The summed E-state index contributed by atoms with van der Waals surface area (Å²) in [6.45, 7) is 1.86. The van der Waals surface area contributed by atoms with Crippen LogP contribution in [0, 0.1) is 6.92 Å². The molecule has 0 saturated carbocycles. The summed E-state index contributed by atoms with van der Waals surface area (Å²) in [6.07, 6.45) is 3.62. The lowest BCUT2D eigenvalue weighted by Gasteiger charge is -2.07. The fourth-order valence-corrected chi connectivity index (χ4v) is 2.54. The van der Waals surface area contributed by atoms with E-state index in [1.165, 1.54) is 0 Å². The Bertz CT molecular complexity index is 897. The Hall–Kier alpha value is -3.08. The number of nitrogens with one attached hydrogen (secondary N) is 1. The quantitative estimate of drug-likeness (QED) is 0.580. The molecule has 1 heterocycles. The van der Waals surface area contributed by atoms with Gasteiger partial charge in [-0.2, -0.15) is 5.10 Å². The molecular weight excluding hydrogens is 302 g/mol. The first kappa shape index (κ1) is 15.8. The van der Waals surface area contributed by atoms with E-state index in [1.807, 2.05) is 73.3 Å². The van der Waals surface area contributed by atoms with Crippen molar-refractivity contribution in [3.05, 3.63) is 65.9 Å². The summed E-state index contributed by atoms with van der Waals surface area (Å²) in [7, 11) is 1.98. The van der Waals surface area contributed by atoms with Crippen LogP contribution in [0.3, 0.4) is 0 Å². The van der Waals surface area contributed by atoms with Crippen LogP contribution in [0.2, 0.25) is 0 Å². The first-order valence-corrected chi connectivity index (χ1v) is 7.69. The van der Waals surface area contributed by atoms with Gasteiger partial charge in [-0.25, -0.2) is 5.43 Å². The Labute approximate surface area is 140 Å². The lowest BCUT2D eigenvalue weighted by Crippen LogP contribution is -2.24. The number of rotatable bonds is 5. The van der Waals surface area contributed by atoms with Crippen LogP contribution in [0.15, 0.2) is 59.8 Å². The molecular formula is C19H19N3O2. The van der Waals surface area contributed by atoms with Gasteiger partial charge in [-0.1, -0.05) is 36.4 Å². The first-order valence-electron chi connectivity index (χ1n) is 7.69. The number of amides is 1. The molecule has 24 heavy (non-hydrogen) atoms. The molecule has 3 aromatic rings. The predicted molar refractivity (Wildman–Crippen MR) is 95.3 cm³/mol. The van der Waals surface area contributed by atoms with Gasteiger partial charge in [0, 0.05) is 29.7 Å². The zero-order valence-corrected chi connectivity index (χ0v) is 13.7. The highest BCUT2D eigenvalue weighted by Crippen LogP contribution is 2.18. The average Bonchev–Trinajstić information content (AvgIpc) is 2.91. The van der Waals surface area contributed by atoms with Crippen LogP contribution in [-0.2, 0) is 11.8 Å². The molecule has 3 rings (SSSR count). The Morgan fingerprint density at radius 1 is 1.21 bits per heavy atom. The summed E-state index contributed by atoms with van der Waals surface area (Å²) < 4.78 is 7.51. The monoisotopic (exact) mass is 321 g/mol. The van der Waals surface area contributed by atoms with E-state index in [0.717, 1.165) is 22.0 Å². The molecule has 0 radical (unpaired) electrons. The molecule has 1 N–H and O–H groups in total. The number of carbonyl (C=O) groups excluding carboxylic acids is 1. The van der Waals surface area contributed by atoms with Crippen molar-refractivity contribution in [1.82, 2.24) is 9.99 Å². The van der Waals surface area contributed by atoms with Crippen LogP contribution in [0.4, 0.5) is 0 Å². The molecule has 0 spiro atoms. The smallest absolute Gasteiger partial charge is 0.277 e. The third-order valence-corrected chi connectivity index (χ3v) is 3.77. The van der Waals surface area contributed by atoms with Crippen molar-refractivity contribution in [3.63, 3.8) is 0 Å². The number of hydrogen-bond acceptors (Lipinski definition) is 3. The number of hydrazone groups is 1. The Morgan fingerprint density at radius 3 is 2.79 bits per heavy atom. The summed E-state index contributed by atoms with van der Waals surface area (Å²) in [5.41, 5.74) is 5.55. The van der Waals surface area contributed by atoms with E-state index in [4.69, 9.17) is 4.74 Å². The van der Waals surface area contributed by atoms with Gasteiger partial charge in [-0.3, -0.25) is 4.79 Å². The summed E-state index contributed by atoms with van der Waals surface area (Å²) in [5, 5.41) is 5.11. The maximum atomic E-state index is 11.8. The normalized spacial score (nSPS) is 11.1. The number of nitrogens with zero attached hydrogens (tertiary/aromatic N) is 2. The van der Waals surface area contributed by atoms with Crippen molar-refractivity contribution >= 4 is 23.0 Å². The number of carbonyl (C=O) groups is 1. The van der Waals surface area contributed by atoms with Crippen LogP contribution >= 0.6 is 0 Å². The molecule has 0 bridgehead atoms. The van der Waals surface area contributed by atoms with Crippen LogP contribution in [-0.4, -0.2) is 23.3 Å². The average molecular weight is 321 g/mol. The molecule has 1 amide bonds. The SMILES string of the molecule is Cc1ccccc1OCC(=O)N/N=C\c1cn(C)c2ccccc12. The maximum Gasteiger partial charge on any atom is 0.277 e. The highest BCUT2D eigenvalue weighted by molar-refractivity contribution is 5.99. The van der Waals surface area contributed by atoms with Gasteiger partial charge in [-0.05, 0) is 24.6 Å². The second-order valence-corrected chi connectivity index (χ2v) is 5.56. The second kappa shape index (κ2) is 7.00. The lowest BCUT2D eigenvalue weighted by atomic mass is 10.2. The summed E-state index contributed by atoms with van der Waals surface area (Å²) in [6, 6.07) is 15.6. The van der Waals surface area contributed by atoms with E-state index in [0.29, 0.717) is 5.75 Å².